The van der Waals surface area contributed by atoms with E-state index in [0.29, 0.717) is 0 Å². The summed E-state index contributed by atoms with van der Waals surface area (Å²) < 4.78 is 2.64. The van der Waals surface area contributed by atoms with Crippen LogP contribution < -0.4 is 4.90 Å². The number of anilines is 3. The van der Waals surface area contributed by atoms with E-state index in [2.05, 4.69) is 229 Å². The Morgan fingerprint density at radius 1 is 0.250 bits per heavy atom. The lowest BCUT2D eigenvalue weighted by Crippen LogP contribution is -2.09. The fraction of sp³-hybridized carbons (Fsp3) is 0. The van der Waals surface area contributed by atoms with Crippen LogP contribution in [0.5, 0.6) is 0 Å². The first-order chi connectivity index (χ1) is 27.7. The van der Waals surface area contributed by atoms with Crippen molar-refractivity contribution in [2.75, 3.05) is 4.90 Å². The molecule has 0 radical (unpaired) electrons. The van der Waals surface area contributed by atoms with E-state index >= 15 is 0 Å². The second kappa shape index (κ2) is 14.7. The summed E-state index contributed by atoms with van der Waals surface area (Å²) in [7, 11) is 0. The van der Waals surface area contributed by atoms with Gasteiger partial charge in [0.15, 0.2) is 0 Å². The minimum Gasteiger partial charge on any atom is -0.311 e. The van der Waals surface area contributed by atoms with Gasteiger partial charge in [0.25, 0.3) is 0 Å². The summed E-state index contributed by atoms with van der Waals surface area (Å²) in [4.78, 5) is 2.34. The average Bonchev–Trinajstić information content (AvgIpc) is 3.65. The maximum atomic E-state index is 2.39. The van der Waals surface area contributed by atoms with E-state index < -0.39 is 0 Å². The number of fused-ring (bicyclic) bond motifs is 3. The molecule has 0 saturated carbocycles. The quantitative estimate of drug-likeness (QED) is 0.150. The third-order valence-electron chi connectivity index (χ3n) is 10.7. The molecule has 1 nitrogen and oxygen atoms in total. The Kier molecular flexibility index (Phi) is 8.79. The molecule has 10 aromatic rings. The highest BCUT2D eigenvalue weighted by Gasteiger charge is 2.16. The number of thiophene rings is 1. The molecule has 0 saturated heterocycles. The monoisotopic (exact) mass is 731 g/mol. The smallest absolute Gasteiger partial charge is 0.0462 e. The van der Waals surface area contributed by atoms with E-state index in [-0.39, 0.29) is 0 Å². The molecule has 0 aliphatic rings. The lowest BCUT2D eigenvalue weighted by Gasteiger charge is -2.26. The van der Waals surface area contributed by atoms with Crippen LogP contribution in [0.25, 0.3) is 75.8 Å². The van der Waals surface area contributed by atoms with Crippen LogP contribution in [0, 0.1) is 0 Å². The second-order valence-corrected chi connectivity index (χ2v) is 15.2. The number of rotatable bonds is 8. The molecular formula is C54H37NS. The number of hydrogen-bond acceptors (Lipinski definition) is 2. The van der Waals surface area contributed by atoms with Crippen molar-refractivity contribution in [3.8, 4) is 55.6 Å². The molecule has 9 aromatic carbocycles. The van der Waals surface area contributed by atoms with E-state index in [1.807, 2.05) is 11.3 Å². The molecule has 264 valence electrons. The van der Waals surface area contributed by atoms with Gasteiger partial charge in [-0.1, -0.05) is 170 Å². The highest BCUT2D eigenvalue weighted by atomic mass is 32.1. The van der Waals surface area contributed by atoms with Crippen LogP contribution >= 0.6 is 11.3 Å². The molecule has 2 heteroatoms. The largest absolute Gasteiger partial charge is 0.311 e. The van der Waals surface area contributed by atoms with Gasteiger partial charge in [0, 0.05) is 37.2 Å². The van der Waals surface area contributed by atoms with E-state index in [4.69, 9.17) is 0 Å². The lowest BCUT2D eigenvalue weighted by atomic mass is 9.92. The van der Waals surface area contributed by atoms with Crippen LogP contribution in [0.1, 0.15) is 0 Å². The molecule has 0 unspecified atom stereocenters. The zero-order valence-electron chi connectivity index (χ0n) is 30.7. The normalized spacial score (nSPS) is 11.2. The molecule has 10 rings (SSSR count). The number of hydrogen-bond donors (Lipinski definition) is 0. The summed E-state index contributed by atoms with van der Waals surface area (Å²) in [5.74, 6) is 0. The third-order valence-corrected chi connectivity index (χ3v) is 11.9. The van der Waals surface area contributed by atoms with Gasteiger partial charge in [-0.15, -0.1) is 11.3 Å². The highest BCUT2D eigenvalue weighted by Crippen LogP contribution is 2.43. The Morgan fingerprint density at radius 3 is 1.07 bits per heavy atom. The van der Waals surface area contributed by atoms with Crippen LogP contribution in [0.4, 0.5) is 17.1 Å². The molecule has 0 aliphatic heterocycles. The third kappa shape index (κ3) is 6.47. The molecule has 1 heterocycles. The summed E-state index contributed by atoms with van der Waals surface area (Å²) in [6.45, 7) is 0. The van der Waals surface area contributed by atoms with E-state index in [1.54, 1.807) is 0 Å². The second-order valence-electron chi connectivity index (χ2n) is 14.1. The van der Waals surface area contributed by atoms with Gasteiger partial charge in [0.2, 0.25) is 0 Å². The molecule has 0 fully saturated rings. The fourth-order valence-electron chi connectivity index (χ4n) is 7.83. The zero-order valence-corrected chi connectivity index (χ0v) is 31.5. The molecule has 1 aromatic heterocycles. The van der Waals surface area contributed by atoms with Gasteiger partial charge in [-0.3, -0.25) is 0 Å². The molecular weight excluding hydrogens is 695 g/mol. The van der Waals surface area contributed by atoms with Gasteiger partial charge in [0.1, 0.15) is 0 Å². The molecule has 56 heavy (non-hydrogen) atoms. The maximum absolute atomic E-state index is 2.39. The predicted octanol–water partition coefficient (Wildman–Crippen LogP) is 15.9. The summed E-state index contributed by atoms with van der Waals surface area (Å²) >= 11 is 1.87. The van der Waals surface area contributed by atoms with Crippen molar-refractivity contribution in [3.05, 3.63) is 224 Å². The minimum atomic E-state index is 1.11. The average molecular weight is 732 g/mol. The van der Waals surface area contributed by atoms with Crippen LogP contribution in [0.3, 0.4) is 0 Å². The fourth-order valence-corrected chi connectivity index (χ4v) is 8.95. The first-order valence-electron chi connectivity index (χ1n) is 19.1. The van der Waals surface area contributed by atoms with Crippen molar-refractivity contribution in [1.82, 2.24) is 0 Å². The maximum Gasteiger partial charge on any atom is 0.0462 e. The summed E-state index contributed by atoms with van der Waals surface area (Å²) in [5, 5.41) is 2.64. The minimum absolute atomic E-state index is 1.11. The topological polar surface area (TPSA) is 3.24 Å². The van der Waals surface area contributed by atoms with Gasteiger partial charge in [-0.25, -0.2) is 0 Å². The van der Waals surface area contributed by atoms with Crippen LogP contribution in [-0.2, 0) is 0 Å². The van der Waals surface area contributed by atoms with Gasteiger partial charge >= 0.3 is 0 Å². The van der Waals surface area contributed by atoms with Crippen molar-refractivity contribution >= 4 is 48.6 Å². The van der Waals surface area contributed by atoms with Crippen molar-refractivity contribution in [2.45, 2.75) is 0 Å². The lowest BCUT2D eigenvalue weighted by molar-refractivity contribution is 1.28. The number of nitrogens with zero attached hydrogens (tertiary/aromatic N) is 1. The van der Waals surface area contributed by atoms with Crippen molar-refractivity contribution in [3.63, 3.8) is 0 Å². The molecule has 0 aliphatic carbocycles. The predicted molar refractivity (Wildman–Crippen MR) is 241 cm³/mol. The SMILES string of the molecule is c1ccc(-c2ccc(N(c3ccc(-c4ccccc4)cc3)c3ccc(-c4ccc(-c5cc6sc7ccccc7c6cc5-c5ccccc5)cc4)cc3)cc2)cc1. The van der Waals surface area contributed by atoms with Gasteiger partial charge in [-0.2, -0.15) is 0 Å². The standard InChI is InChI=1S/C54H37NS/c1-4-12-38(13-5-1)41-24-30-46(31-25-41)55(47-32-26-42(27-33-47)39-14-6-2-7-15-39)48-34-28-43(29-35-48)40-20-22-45(23-21-40)51-37-54-52(49-18-10-11-19-53(49)56-54)36-50(51)44-16-8-3-9-17-44/h1-37H. The highest BCUT2D eigenvalue weighted by molar-refractivity contribution is 7.25. The zero-order chi connectivity index (χ0) is 37.3. The van der Waals surface area contributed by atoms with Crippen LogP contribution in [0.2, 0.25) is 0 Å². The van der Waals surface area contributed by atoms with E-state index in [9.17, 15) is 0 Å². The summed E-state index contributed by atoms with van der Waals surface area (Å²) in [6.07, 6.45) is 0. The van der Waals surface area contributed by atoms with Crippen molar-refractivity contribution in [2.24, 2.45) is 0 Å². The van der Waals surface area contributed by atoms with E-state index in [1.165, 1.54) is 75.8 Å². The van der Waals surface area contributed by atoms with Crippen LogP contribution in [0.15, 0.2) is 224 Å². The number of benzene rings is 9. The Labute approximate surface area is 332 Å². The molecule has 0 atom stereocenters. The van der Waals surface area contributed by atoms with E-state index in [0.717, 1.165) is 17.1 Å². The van der Waals surface area contributed by atoms with Gasteiger partial charge < -0.3 is 4.90 Å². The molecule has 0 amide bonds. The molecule has 0 N–H and O–H groups in total. The molecule has 0 spiro atoms. The Balaban J connectivity index is 0.989. The Hall–Kier alpha value is -7.00. The Morgan fingerprint density at radius 2 is 0.589 bits per heavy atom. The van der Waals surface area contributed by atoms with Crippen LogP contribution in [-0.4, -0.2) is 0 Å². The molecule has 0 bridgehead atoms. The first kappa shape index (κ1) is 33.6. The summed E-state index contributed by atoms with van der Waals surface area (Å²) in [5.41, 5.74) is 15.5. The van der Waals surface area contributed by atoms with Gasteiger partial charge in [0.05, 0.1) is 0 Å². The first-order valence-corrected chi connectivity index (χ1v) is 19.9. The van der Waals surface area contributed by atoms with Crippen molar-refractivity contribution < 1.29 is 0 Å². The Bertz CT molecular complexity index is 2810. The summed E-state index contributed by atoms with van der Waals surface area (Å²) in [6, 6.07) is 81.2. The van der Waals surface area contributed by atoms with Crippen molar-refractivity contribution in [1.29, 1.82) is 0 Å². The van der Waals surface area contributed by atoms with Gasteiger partial charge in [-0.05, 0) is 110 Å².